The number of nitrogens with one attached hydrogen (secondary N) is 1. The van der Waals surface area contributed by atoms with E-state index in [1.54, 1.807) is 12.1 Å². The molecule has 2 atom stereocenters. The molecule has 0 aromatic heterocycles. The SMILES string of the molecule is CCCCOc1ccc(C(=O)Nc2ccc(OC[C@@H]3CCCN4CCCC[C@H]34)cc2)cc1. The van der Waals surface area contributed by atoms with Crippen molar-refractivity contribution >= 4 is 11.6 Å². The third kappa shape index (κ3) is 6.04. The second-order valence-electron chi connectivity index (χ2n) is 9.02. The number of nitrogens with zero attached hydrogens (tertiary/aromatic N) is 1. The highest BCUT2D eigenvalue weighted by Crippen LogP contribution is 2.31. The van der Waals surface area contributed by atoms with Crippen LogP contribution in [0.25, 0.3) is 0 Å². The number of fused-ring (bicyclic) bond motifs is 1. The number of hydrogen-bond donors (Lipinski definition) is 1. The molecule has 2 aliphatic rings. The zero-order chi connectivity index (χ0) is 22.2. The van der Waals surface area contributed by atoms with Gasteiger partial charge in [-0.15, -0.1) is 0 Å². The van der Waals surface area contributed by atoms with E-state index in [0.717, 1.165) is 36.6 Å². The van der Waals surface area contributed by atoms with E-state index >= 15 is 0 Å². The summed E-state index contributed by atoms with van der Waals surface area (Å²) in [4.78, 5) is 15.2. The van der Waals surface area contributed by atoms with Crippen molar-refractivity contribution in [2.45, 2.75) is 57.9 Å². The van der Waals surface area contributed by atoms with Crippen LogP contribution in [-0.4, -0.2) is 43.2 Å². The molecule has 2 aromatic carbocycles. The van der Waals surface area contributed by atoms with Crippen LogP contribution < -0.4 is 14.8 Å². The lowest BCUT2D eigenvalue weighted by atomic mass is 9.84. The lowest BCUT2D eigenvalue weighted by Gasteiger charge is -2.44. The Morgan fingerprint density at radius 2 is 1.66 bits per heavy atom. The van der Waals surface area contributed by atoms with E-state index in [0.29, 0.717) is 24.1 Å². The third-order valence-corrected chi connectivity index (χ3v) is 6.69. The van der Waals surface area contributed by atoms with E-state index in [2.05, 4.69) is 17.1 Å². The van der Waals surface area contributed by atoms with Crippen LogP contribution in [0, 0.1) is 5.92 Å². The van der Waals surface area contributed by atoms with Gasteiger partial charge in [-0.25, -0.2) is 0 Å². The normalized spacial score (nSPS) is 20.9. The summed E-state index contributed by atoms with van der Waals surface area (Å²) in [6.07, 6.45) is 8.67. The molecule has 0 bridgehead atoms. The monoisotopic (exact) mass is 436 g/mol. The summed E-state index contributed by atoms with van der Waals surface area (Å²) in [5, 5.41) is 2.96. The van der Waals surface area contributed by atoms with Gasteiger partial charge in [0.2, 0.25) is 0 Å². The van der Waals surface area contributed by atoms with Gasteiger partial charge >= 0.3 is 0 Å². The number of amides is 1. The second kappa shape index (κ2) is 11.4. The van der Waals surface area contributed by atoms with Gasteiger partial charge in [-0.2, -0.15) is 0 Å². The van der Waals surface area contributed by atoms with Crippen LogP contribution in [0.1, 0.15) is 62.2 Å². The molecule has 2 heterocycles. The molecule has 172 valence electrons. The molecule has 1 N–H and O–H groups in total. The molecular formula is C27H36N2O3. The highest BCUT2D eigenvalue weighted by Gasteiger charge is 2.33. The zero-order valence-corrected chi connectivity index (χ0v) is 19.2. The van der Waals surface area contributed by atoms with E-state index in [1.807, 2.05) is 36.4 Å². The van der Waals surface area contributed by atoms with Crippen LogP contribution in [0.4, 0.5) is 5.69 Å². The molecular weight excluding hydrogens is 400 g/mol. The van der Waals surface area contributed by atoms with Gasteiger partial charge in [0.05, 0.1) is 13.2 Å². The summed E-state index contributed by atoms with van der Waals surface area (Å²) in [5.41, 5.74) is 1.38. The molecule has 0 radical (unpaired) electrons. The fraction of sp³-hybridized carbons (Fsp3) is 0.519. The molecule has 1 amide bonds. The molecule has 2 aromatic rings. The molecule has 5 heteroatoms. The first-order valence-electron chi connectivity index (χ1n) is 12.2. The van der Waals surface area contributed by atoms with E-state index in [-0.39, 0.29) is 5.91 Å². The Bertz CT molecular complexity index is 848. The number of carbonyl (C=O) groups is 1. The van der Waals surface area contributed by atoms with Crippen molar-refractivity contribution in [3.05, 3.63) is 54.1 Å². The molecule has 4 rings (SSSR count). The van der Waals surface area contributed by atoms with Crippen molar-refractivity contribution in [3.8, 4) is 11.5 Å². The van der Waals surface area contributed by atoms with Gasteiger partial charge in [-0.3, -0.25) is 9.69 Å². The first kappa shape index (κ1) is 22.7. The minimum absolute atomic E-state index is 0.127. The van der Waals surface area contributed by atoms with Crippen LogP contribution in [0.15, 0.2) is 48.5 Å². The number of anilines is 1. The standard InChI is InChI=1S/C27H36N2O3/c1-2-3-19-31-24-13-9-21(10-14-24)27(30)28-23-11-15-25(16-12-23)32-20-22-7-6-18-29-17-5-4-8-26(22)29/h9-16,22,26H,2-8,17-20H2,1H3,(H,28,30)/t22-,26+/m0/s1. The van der Waals surface area contributed by atoms with Crippen molar-refractivity contribution in [1.29, 1.82) is 0 Å². The van der Waals surface area contributed by atoms with Gasteiger partial charge in [-0.05, 0) is 93.7 Å². The predicted molar refractivity (Wildman–Crippen MR) is 129 cm³/mol. The molecule has 0 saturated carbocycles. The summed E-state index contributed by atoms with van der Waals surface area (Å²) < 4.78 is 11.8. The van der Waals surface area contributed by atoms with E-state index in [4.69, 9.17) is 9.47 Å². The number of rotatable bonds is 9. The van der Waals surface area contributed by atoms with Crippen molar-refractivity contribution in [2.24, 2.45) is 5.92 Å². The van der Waals surface area contributed by atoms with Crippen LogP contribution >= 0.6 is 0 Å². The molecule has 5 nitrogen and oxygen atoms in total. The van der Waals surface area contributed by atoms with Crippen molar-refractivity contribution in [3.63, 3.8) is 0 Å². The highest BCUT2D eigenvalue weighted by molar-refractivity contribution is 6.04. The predicted octanol–water partition coefficient (Wildman–Crippen LogP) is 5.76. The largest absolute Gasteiger partial charge is 0.494 e. The smallest absolute Gasteiger partial charge is 0.255 e. The lowest BCUT2D eigenvalue weighted by molar-refractivity contribution is 0.0366. The maximum absolute atomic E-state index is 12.5. The lowest BCUT2D eigenvalue weighted by Crippen LogP contribution is -2.49. The Morgan fingerprint density at radius 1 is 0.938 bits per heavy atom. The summed E-state index contributed by atoms with van der Waals surface area (Å²) in [7, 11) is 0. The second-order valence-corrected chi connectivity index (χ2v) is 9.02. The minimum atomic E-state index is -0.127. The van der Waals surface area contributed by atoms with Crippen molar-refractivity contribution in [1.82, 2.24) is 4.90 Å². The van der Waals surface area contributed by atoms with Crippen LogP contribution in [0.2, 0.25) is 0 Å². The molecule has 2 fully saturated rings. The van der Waals surface area contributed by atoms with Crippen LogP contribution in [0.3, 0.4) is 0 Å². The van der Waals surface area contributed by atoms with Gasteiger partial charge in [0.25, 0.3) is 5.91 Å². The maximum Gasteiger partial charge on any atom is 0.255 e. The molecule has 2 aliphatic heterocycles. The Kier molecular flexibility index (Phi) is 8.05. The Morgan fingerprint density at radius 3 is 2.44 bits per heavy atom. The van der Waals surface area contributed by atoms with Gasteiger partial charge < -0.3 is 14.8 Å². The first-order chi connectivity index (χ1) is 15.7. The average molecular weight is 437 g/mol. The Labute approximate surface area is 192 Å². The summed E-state index contributed by atoms with van der Waals surface area (Å²) in [5.74, 6) is 2.16. The third-order valence-electron chi connectivity index (χ3n) is 6.69. The highest BCUT2D eigenvalue weighted by atomic mass is 16.5. The topological polar surface area (TPSA) is 50.8 Å². The fourth-order valence-electron chi connectivity index (χ4n) is 4.85. The molecule has 0 unspecified atom stereocenters. The number of piperidine rings is 2. The fourth-order valence-corrected chi connectivity index (χ4v) is 4.85. The van der Waals surface area contributed by atoms with Crippen LogP contribution in [-0.2, 0) is 0 Å². The molecule has 32 heavy (non-hydrogen) atoms. The maximum atomic E-state index is 12.5. The van der Waals surface area contributed by atoms with Gasteiger partial charge in [-0.1, -0.05) is 19.8 Å². The Balaban J connectivity index is 1.25. The van der Waals surface area contributed by atoms with E-state index in [1.165, 1.54) is 45.2 Å². The number of ether oxygens (including phenoxy) is 2. The van der Waals surface area contributed by atoms with Gasteiger partial charge in [0.15, 0.2) is 0 Å². The molecule has 2 saturated heterocycles. The van der Waals surface area contributed by atoms with E-state index < -0.39 is 0 Å². The number of benzene rings is 2. The quantitative estimate of drug-likeness (QED) is 0.508. The van der Waals surface area contributed by atoms with Crippen LogP contribution in [0.5, 0.6) is 11.5 Å². The Hall–Kier alpha value is -2.53. The number of hydrogen-bond acceptors (Lipinski definition) is 4. The summed E-state index contributed by atoms with van der Waals surface area (Å²) >= 11 is 0. The molecule has 0 aliphatic carbocycles. The number of carbonyl (C=O) groups excluding carboxylic acids is 1. The summed E-state index contributed by atoms with van der Waals surface area (Å²) in [6, 6.07) is 15.7. The minimum Gasteiger partial charge on any atom is -0.494 e. The summed E-state index contributed by atoms with van der Waals surface area (Å²) in [6.45, 7) is 6.13. The van der Waals surface area contributed by atoms with E-state index in [9.17, 15) is 4.79 Å². The van der Waals surface area contributed by atoms with Crippen molar-refractivity contribution < 1.29 is 14.3 Å². The van der Waals surface area contributed by atoms with Gasteiger partial charge in [0.1, 0.15) is 11.5 Å². The van der Waals surface area contributed by atoms with Crippen molar-refractivity contribution in [2.75, 3.05) is 31.6 Å². The zero-order valence-electron chi connectivity index (χ0n) is 19.2. The first-order valence-corrected chi connectivity index (χ1v) is 12.2. The molecule has 0 spiro atoms. The van der Waals surface area contributed by atoms with Gasteiger partial charge in [0, 0.05) is 23.2 Å². The number of unbranched alkanes of at least 4 members (excludes halogenated alkanes) is 1. The average Bonchev–Trinajstić information content (AvgIpc) is 2.84.